The monoisotopic (exact) mass is 413 g/mol. The van der Waals surface area contributed by atoms with Gasteiger partial charge in [-0.3, -0.25) is 9.59 Å². The van der Waals surface area contributed by atoms with Crippen LogP contribution in [0.25, 0.3) is 5.76 Å². The molecule has 1 amide bonds. The van der Waals surface area contributed by atoms with Gasteiger partial charge >= 0.3 is 0 Å². The van der Waals surface area contributed by atoms with Gasteiger partial charge in [-0.05, 0) is 54.5 Å². The third kappa shape index (κ3) is 4.22. The number of ketones is 1. The summed E-state index contributed by atoms with van der Waals surface area (Å²) in [7, 11) is 0. The molecule has 1 unspecified atom stereocenters. The average Bonchev–Trinajstić information content (AvgIpc) is 3.29. The molecule has 0 spiro atoms. The number of likely N-dealkylation sites (tertiary alicyclic amines) is 1. The molecule has 1 N–H and O–H groups in total. The molecule has 5 nitrogen and oxygen atoms in total. The Kier molecular flexibility index (Phi) is 6.42. The SMILES string of the molecule is CCCN1C(=O)C(=O)/C(=C(\O)c2ccc(OCC(C)C)c(C)c2)C1c1cccs1. The summed E-state index contributed by atoms with van der Waals surface area (Å²) in [4.78, 5) is 27.9. The Labute approximate surface area is 175 Å². The number of aliphatic hydroxyl groups excluding tert-OH is 1. The number of ether oxygens (including phenoxy) is 1. The molecule has 29 heavy (non-hydrogen) atoms. The van der Waals surface area contributed by atoms with Crippen molar-refractivity contribution in [3.05, 3.63) is 57.3 Å². The summed E-state index contributed by atoms with van der Waals surface area (Å²) in [5.41, 5.74) is 1.53. The van der Waals surface area contributed by atoms with E-state index in [4.69, 9.17) is 4.74 Å². The first kappa shape index (κ1) is 21.1. The number of aryl methyl sites for hydroxylation is 1. The molecule has 0 saturated carbocycles. The maximum atomic E-state index is 12.8. The second kappa shape index (κ2) is 8.82. The molecule has 1 saturated heterocycles. The van der Waals surface area contributed by atoms with Gasteiger partial charge in [0.05, 0.1) is 18.2 Å². The molecule has 1 aromatic heterocycles. The number of carbonyl (C=O) groups excluding carboxylic acids is 2. The Morgan fingerprint density at radius 3 is 2.62 bits per heavy atom. The normalized spacial score (nSPS) is 18.7. The van der Waals surface area contributed by atoms with E-state index in [2.05, 4.69) is 13.8 Å². The Morgan fingerprint density at radius 2 is 2.03 bits per heavy atom. The van der Waals surface area contributed by atoms with Crippen LogP contribution in [0.3, 0.4) is 0 Å². The summed E-state index contributed by atoms with van der Waals surface area (Å²) < 4.78 is 5.80. The minimum atomic E-state index is -0.632. The van der Waals surface area contributed by atoms with Crippen LogP contribution in [-0.2, 0) is 9.59 Å². The molecule has 0 aliphatic carbocycles. The van der Waals surface area contributed by atoms with Gasteiger partial charge in [0.25, 0.3) is 11.7 Å². The lowest BCUT2D eigenvalue weighted by molar-refractivity contribution is -0.139. The molecule has 0 bridgehead atoms. The first-order chi connectivity index (χ1) is 13.8. The second-order valence-electron chi connectivity index (χ2n) is 7.69. The first-order valence-corrected chi connectivity index (χ1v) is 10.8. The van der Waals surface area contributed by atoms with Crippen LogP contribution in [0.5, 0.6) is 5.75 Å². The van der Waals surface area contributed by atoms with Gasteiger partial charge in [0.1, 0.15) is 11.5 Å². The molecule has 1 aromatic carbocycles. The van der Waals surface area contributed by atoms with Crippen molar-refractivity contribution in [3.8, 4) is 5.75 Å². The molecule has 1 fully saturated rings. The van der Waals surface area contributed by atoms with E-state index in [1.54, 1.807) is 23.1 Å². The smallest absolute Gasteiger partial charge is 0.295 e. The van der Waals surface area contributed by atoms with Crippen LogP contribution in [0.2, 0.25) is 0 Å². The third-order valence-corrected chi connectivity index (χ3v) is 5.76. The van der Waals surface area contributed by atoms with Crippen LogP contribution in [0.1, 0.15) is 49.2 Å². The van der Waals surface area contributed by atoms with Crippen LogP contribution in [-0.4, -0.2) is 34.8 Å². The maximum absolute atomic E-state index is 12.8. The van der Waals surface area contributed by atoms with E-state index in [1.165, 1.54) is 11.3 Å². The summed E-state index contributed by atoms with van der Waals surface area (Å²) in [6.07, 6.45) is 0.732. The number of amides is 1. The van der Waals surface area contributed by atoms with Crippen LogP contribution in [0.15, 0.2) is 41.3 Å². The predicted molar refractivity (Wildman–Crippen MR) is 115 cm³/mol. The predicted octanol–water partition coefficient (Wildman–Crippen LogP) is 4.92. The van der Waals surface area contributed by atoms with E-state index < -0.39 is 17.7 Å². The lowest BCUT2D eigenvalue weighted by atomic mass is 9.98. The molecule has 1 atom stereocenters. The lowest BCUT2D eigenvalue weighted by Crippen LogP contribution is -2.30. The molecular weight excluding hydrogens is 386 g/mol. The summed E-state index contributed by atoms with van der Waals surface area (Å²) in [5.74, 6) is -0.175. The Bertz CT molecular complexity index is 930. The number of hydrogen-bond acceptors (Lipinski definition) is 5. The fraction of sp³-hybridized carbons (Fsp3) is 0.391. The van der Waals surface area contributed by atoms with E-state index in [0.717, 1.165) is 22.6 Å². The highest BCUT2D eigenvalue weighted by molar-refractivity contribution is 7.10. The number of carbonyl (C=O) groups is 2. The highest BCUT2D eigenvalue weighted by atomic mass is 32.1. The third-order valence-electron chi connectivity index (χ3n) is 4.84. The molecule has 0 radical (unpaired) electrons. The first-order valence-electron chi connectivity index (χ1n) is 9.90. The largest absolute Gasteiger partial charge is 0.507 e. The van der Waals surface area contributed by atoms with Crippen molar-refractivity contribution in [3.63, 3.8) is 0 Å². The number of nitrogens with zero attached hydrogens (tertiary/aromatic N) is 1. The van der Waals surface area contributed by atoms with Gasteiger partial charge in [-0.1, -0.05) is 26.8 Å². The Balaban J connectivity index is 2.04. The van der Waals surface area contributed by atoms with Crippen molar-refractivity contribution in [2.24, 2.45) is 5.92 Å². The van der Waals surface area contributed by atoms with Crippen molar-refractivity contribution >= 4 is 28.8 Å². The molecule has 6 heteroatoms. The molecule has 3 rings (SSSR count). The van der Waals surface area contributed by atoms with Gasteiger partial charge in [0, 0.05) is 17.0 Å². The Morgan fingerprint density at radius 1 is 1.28 bits per heavy atom. The van der Waals surface area contributed by atoms with Crippen LogP contribution in [0.4, 0.5) is 0 Å². The molecular formula is C23H27NO4S. The fourth-order valence-corrected chi connectivity index (χ4v) is 4.31. The zero-order valence-electron chi connectivity index (χ0n) is 17.3. The van der Waals surface area contributed by atoms with Crippen LogP contribution < -0.4 is 4.74 Å². The van der Waals surface area contributed by atoms with Crippen molar-refractivity contribution in [2.75, 3.05) is 13.2 Å². The minimum Gasteiger partial charge on any atom is -0.507 e. The van der Waals surface area contributed by atoms with E-state index >= 15 is 0 Å². The number of aliphatic hydroxyl groups is 1. The summed E-state index contributed by atoms with van der Waals surface area (Å²) in [6.45, 7) is 9.09. The topological polar surface area (TPSA) is 66.8 Å². The van der Waals surface area contributed by atoms with E-state index in [1.807, 2.05) is 31.4 Å². The van der Waals surface area contributed by atoms with Crippen molar-refractivity contribution in [1.29, 1.82) is 0 Å². The number of Topliss-reactive ketones (excluding diaryl/α,β-unsaturated/α-hetero) is 1. The average molecular weight is 414 g/mol. The number of thiophene rings is 1. The van der Waals surface area contributed by atoms with Crippen molar-refractivity contribution in [2.45, 2.75) is 40.2 Å². The van der Waals surface area contributed by atoms with E-state index in [0.29, 0.717) is 24.6 Å². The van der Waals surface area contributed by atoms with Gasteiger partial charge in [0.2, 0.25) is 0 Å². The van der Waals surface area contributed by atoms with Gasteiger partial charge in [-0.2, -0.15) is 0 Å². The second-order valence-corrected chi connectivity index (χ2v) is 8.67. The zero-order chi connectivity index (χ0) is 21.1. The quantitative estimate of drug-likeness (QED) is 0.397. The number of benzene rings is 1. The molecule has 154 valence electrons. The number of hydrogen-bond donors (Lipinski definition) is 1. The fourth-order valence-electron chi connectivity index (χ4n) is 3.46. The van der Waals surface area contributed by atoms with Crippen LogP contribution >= 0.6 is 11.3 Å². The maximum Gasteiger partial charge on any atom is 0.295 e. The van der Waals surface area contributed by atoms with E-state index in [-0.39, 0.29) is 11.3 Å². The van der Waals surface area contributed by atoms with Gasteiger partial charge in [-0.25, -0.2) is 0 Å². The van der Waals surface area contributed by atoms with Gasteiger partial charge in [-0.15, -0.1) is 11.3 Å². The standard InChI is InChI=1S/C23H27NO4S/c1-5-10-24-20(18-7-6-11-29-18)19(22(26)23(24)27)21(25)16-8-9-17(15(4)12-16)28-13-14(2)3/h6-9,11-12,14,20,25H,5,10,13H2,1-4H3/b21-19-. The van der Waals surface area contributed by atoms with E-state index in [9.17, 15) is 14.7 Å². The highest BCUT2D eigenvalue weighted by Crippen LogP contribution is 2.41. The van der Waals surface area contributed by atoms with Gasteiger partial charge < -0.3 is 14.7 Å². The van der Waals surface area contributed by atoms with Gasteiger partial charge in [0.15, 0.2) is 0 Å². The number of rotatable bonds is 7. The van der Waals surface area contributed by atoms with Crippen molar-refractivity contribution < 1.29 is 19.4 Å². The molecule has 2 aromatic rings. The molecule has 1 aliphatic rings. The summed E-state index contributed by atoms with van der Waals surface area (Å²) >= 11 is 1.47. The molecule has 2 heterocycles. The van der Waals surface area contributed by atoms with Crippen molar-refractivity contribution in [1.82, 2.24) is 4.90 Å². The lowest BCUT2D eigenvalue weighted by Gasteiger charge is -2.23. The summed E-state index contributed by atoms with van der Waals surface area (Å²) in [6, 6.07) is 8.56. The van der Waals surface area contributed by atoms with Crippen LogP contribution in [0, 0.1) is 12.8 Å². The molecule has 1 aliphatic heterocycles. The highest BCUT2D eigenvalue weighted by Gasteiger charge is 2.46. The Hall–Kier alpha value is -2.60. The summed E-state index contributed by atoms with van der Waals surface area (Å²) in [5, 5.41) is 13.0. The minimum absolute atomic E-state index is 0.140. The zero-order valence-corrected chi connectivity index (χ0v) is 18.1.